The minimum Gasteiger partial charge on any atom is -0.481 e. The molecule has 1 atom stereocenters. The lowest BCUT2D eigenvalue weighted by atomic mass is 10.1. The van der Waals surface area contributed by atoms with E-state index in [1.165, 1.54) is 6.92 Å². The second-order valence-electron chi connectivity index (χ2n) is 4.43. The quantitative estimate of drug-likeness (QED) is 0.718. The molecule has 0 aliphatic rings. The Morgan fingerprint density at radius 3 is 2.25 bits per heavy atom. The summed E-state index contributed by atoms with van der Waals surface area (Å²) >= 11 is 0. The maximum atomic E-state index is 11.7. The van der Waals surface area contributed by atoms with Gasteiger partial charge in [-0.05, 0) is 31.5 Å². The number of amides is 2. The molecule has 0 saturated heterocycles. The Morgan fingerprint density at radius 2 is 1.75 bits per heavy atom. The number of benzene rings is 1. The van der Waals surface area contributed by atoms with E-state index in [1.807, 2.05) is 0 Å². The van der Waals surface area contributed by atoms with E-state index in [-0.39, 0.29) is 5.91 Å². The Balaban J connectivity index is 2.92. The second kappa shape index (κ2) is 6.70. The summed E-state index contributed by atoms with van der Waals surface area (Å²) in [6.45, 7) is 4.80. The third kappa shape index (κ3) is 3.81. The summed E-state index contributed by atoms with van der Waals surface area (Å²) in [7, 11) is 0. The van der Waals surface area contributed by atoms with Gasteiger partial charge in [0.1, 0.15) is 5.92 Å². The first-order valence-electron chi connectivity index (χ1n) is 6.30. The van der Waals surface area contributed by atoms with E-state index >= 15 is 0 Å². The largest absolute Gasteiger partial charge is 0.481 e. The van der Waals surface area contributed by atoms with Crippen molar-refractivity contribution in [3.8, 4) is 0 Å². The molecule has 0 radical (unpaired) electrons. The summed E-state index contributed by atoms with van der Waals surface area (Å²) in [6.07, 6.45) is 0.353. The van der Waals surface area contributed by atoms with Crippen molar-refractivity contribution in [2.24, 2.45) is 5.92 Å². The molecule has 0 fully saturated rings. The van der Waals surface area contributed by atoms with Gasteiger partial charge in [-0.1, -0.05) is 13.0 Å². The predicted molar refractivity (Wildman–Crippen MR) is 75.5 cm³/mol. The molecular formula is C14H18N2O4. The number of carboxylic acids is 1. The van der Waals surface area contributed by atoms with Gasteiger partial charge in [0.2, 0.25) is 11.8 Å². The molecule has 6 heteroatoms. The van der Waals surface area contributed by atoms with Crippen LogP contribution in [0.1, 0.15) is 25.8 Å². The van der Waals surface area contributed by atoms with Crippen LogP contribution in [-0.2, 0) is 14.4 Å². The highest BCUT2D eigenvalue weighted by atomic mass is 16.4. The lowest BCUT2D eigenvalue weighted by Crippen LogP contribution is -2.27. The molecule has 1 unspecified atom stereocenters. The van der Waals surface area contributed by atoms with Crippen LogP contribution >= 0.6 is 0 Å². The van der Waals surface area contributed by atoms with Gasteiger partial charge in [0.15, 0.2) is 0 Å². The van der Waals surface area contributed by atoms with Gasteiger partial charge < -0.3 is 15.7 Å². The second-order valence-corrected chi connectivity index (χ2v) is 4.43. The standard InChI is InChI=1S/C14H18N2O4/c1-4-12(17)15-10-6-5-7-11(8(10)2)16-13(18)9(3)14(19)20/h5-7,9H,4H2,1-3H3,(H,15,17)(H,16,18)(H,19,20). The third-order valence-electron chi connectivity index (χ3n) is 2.95. The highest BCUT2D eigenvalue weighted by molar-refractivity contribution is 6.04. The number of aliphatic carboxylic acids is 1. The van der Waals surface area contributed by atoms with Crippen molar-refractivity contribution in [3.63, 3.8) is 0 Å². The van der Waals surface area contributed by atoms with E-state index in [4.69, 9.17) is 5.11 Å². The van der Waals surface area contributed by atoms with Gasteiger partial charge >= 0.3 is 5.97 Å². The molecule has 20 heavy (non-hydrogen) atoms. The average Bonchev–Trinajstić information content (AvgIpc) is 2.41. The molecule has 1 aromatic carbocycles. The Morgan fingerprint density at radius 1 is 1.20 bits per heavy atom. The third-order valence-corrected chi connectivity index (χ3v) is 2.95. The number of rotatable bonds is 5. The molecule has 0 bridgehead atoms. The highest BCUT2D eigenvalue weighted by Gasteiger charge is 2.21. The molecule has 0 heterocycles. The van der Waals surface area contributed by atoms with Gasteiger partial charge in [-0.2, -0.15) is 0 Å². The van der Waals surface area contributed by atoms with E-state index in [0.29, 0.717) is 23.4 Å². The van der Waals surface area contributed by atoms with Crippen molar-refractivity contribution in [1.29, 1.82) is 0 Å². The number of hydrogen-bond donors (Lipinski definition) is 3. The zero-order chi connectivity index (χ0) is 15.3. The SMILES string of the molecule is CCC(=O)Nc1cccc(NC(=O)C(C)C(=O)O)c1C. The van der Waals surface area contributed by atoms with Gasteiger partial charge in [-0.15, -0.1) is 0 Å². The molecule has 2 amide bonds. The molecule has 0 aliphatic carbocycles. The minimum atomic E-state index is -1.18. The van der Waals surface area contributed by atoms with E-state index < -0.39 is 17.8 Å². The molecule has 0 aliphatic heterocycles. The maximum Gasteiger partial charge on any atom is 0.315 e. The Hall–Kier alpha value is -2.37. The normalized spacial score (nSPS) is 11.6. The van der Waals surface area contributed by atoms with Gasteiger partial charge in [0.05, 0.1) is 0 Å². The Labute approximate surface area is 117 Å². The minimum absolute atomic E-state index is 0.129. The van der Waals surface area contributed by atoms with Crippen LogP contribution in [0, 0.1) is 12.8 Å². The first-order valence-corrected chi connectivity index (χ1v) is 6.30. The van der Waals surface area contributed by atoms with Crippen molar-refractivity contribution in [2.75, 3.05) is 10.6 Å². The van der Waals surface area contributed by atoms with E-state index in [0.717, 1.165) is 0 Å². The molecular weight excluding hydrogens is 260 g/mol. The molecule has 6 nitrogen and oxygen atoms in total. The fourth-order valence-electron chi connectivity index (χ4n) is 1.50. The van der Waals surface area contributed by atoms with Crippen LogP contribution in [0.4, 0.5) is 11.4 Å². The molecule has 0 aromatic heterocycles. The number of carbonyl (C=O) groups is 3. The summed E-state index contributed by atoms with van der Waals surface area (Å²) in [4.78, 5) is 33.9. The number of carboxylic acid groups (broad SMARTS) is 1. The predicted octanol–water partition coefficient (Wildman–Crippen LogP) is 2.00. The average molecular weight is 278 g/mol. The molecule has 108 valence electrons. The number of carbonyl (C=O) groups excluding carboxylic acids is 2. The van der Waals surface area contributed by atoms with Crippen LogP contribution in [-0.4, -0.2) is 22.9 Å². The van der Waals surface area contributed by atoms with Crippen LogP contribution < -0.4 is 10.6 Å². The summed E-state index contributed by atoms with van der Waals surface area (Å²) < 4.78 is 0. The van der Waals surface area contributed by atoms with E-state index in [9.17, 15) is 14.4 Å². The number of nitrogens with one attached hydrogen (secondary N) is 2. The highest BCUT2D eigenvalue weighted by Crippen LogP contribution is 2.24. The van der Waals surface area contributed by atoms with Gasteiger partial charge in [-0.3, -0.25) is 14.4 Å². The van der Waals surface area contributed by atoms with Gasteiger partial charge in [0.25, 0.3) is 0 Å². The zero-order valence-corrected chi connectivity index (χ0v) is 11.7. The Bertz CT molecular complexity index is 540. The first-order chi connectivity index (χ1) is 9.36. The fraction of sp³-hybridized carbons (Fsp3) is 0.357. The summed E-state index contributed by atoms with van der Waals surface area (Å²) in [5.41, 5.74) is 1.76. The molecule has 1 rings (SSSR count). The first kappa shape index (κ1) is 15.7. The van der Waals surface area contributed by atoms with Crippen LogP contribution in [0.5, 0.6) is 0 Å². The van der Waals surface area contributed by atoms with Crippen LogP contribution in [0.3, 0.4) is 0 Å². The summed E-state index contributed by atoms with van der Waals surface area (Å²) in [6, 6.07) is 5.06. The van der Waals surface area contributed by atoms with E-state index in [2.05, 4.69) is 10.6 Å². The van der Waals surface area contributed by atoms with Crippen molar-refractivity contribution >= 4 is 29.2 Å². The molecule has 0 spiro atoms. The van der Waals surface area contributed by atoms with Crippen LogP contribution in [0.25, 0.3) is 0 Å². The van der Waals surface area contributed by atoms with Crippen molar-refractivity contribution in [1.82, 2.24) is 0 Å². The van der Waals surface area contributed by atoms with Crippen molar-refractivity contribution in [3.05, 3.63) is 23.8 Å². The van der Waals surface area contributed by atoms with Crippen molar-refractivity contribution in [2.45, 2.75) is 27.2 Å². The number of anilines is 2. The van der Waals surface area contributed by atoms with Crippen LogP contribution in [0.2, 0.25) is 0 Å². The Kier molecular flexibility index (Phi) is 5.25. The summed E-state index contributed by atoms with van der Waals surface area (Å²) in [5.74, 6) is -3.05. The van der Waals surface area contributed by atoms with Gasteiger partial charge in [-0.25, -0.2) is 0 Å². The molecule has 0 saturated carbocycles. The number of hydrogen-bond acceptors (Lipinski definition) is 3. The maximum absolute atomic E-state index is 11.7. The molecule has 3 N–H and O–H groups in total. The summed E-state index contributed by atoms with van der Waals surface area (Å²) in [5, 5.41) is 14.1. The topological polar surface area (TPSA) is 95.5 Å². The van der Waals surface area contributed by atoms with E-state index in [1.54, 1.807) is 32.0 Å². The lowest BCUT2D eigenvalue weighted by Gasteiger charge is -2.14. The zero-order valence-electron chi connectivity index (χ0n) is 11.7. The van der Waals surface area contributed by atoms with Crippen LogP contribution in [0.15, 0.2) is 18.2 Å². The van der Waals surface area contributed by atoms with Crippen molar-refractivity contribution < 1.29 is 19.5 Å². The molecule has 1 aromatic rings. The lowest BCUT2D eigenvalue weighted by molar-refractivity contribution is -0.144. The smallest absolute Gasteiger partial charge is 0.315 e. The monoisotopic (exact) mass is 278 g/mol. The fourth-order valence-corrected chi connectivity index (χ4v) is 1.50. The van der Waals surface area contributed by atoms with Gasteiger partial charge in [0, 0.05) is 17.8 Å².